The van der Waals surface area contributed by atoms with E-state index in [9.17, 15) is 4.79 Å². The van der Waals surface area contributed by atoms with Gasteiger partial charge in [-0.25, -0.2) is 0 Å². The van der Waals surface area contributed by atoms with E-state index in [2.05, 4.69) is 23.8 Å². The molecule has 0 N–H and O–H groups in total. The number of ether oxygens (including phenoxy) is 1. The number of rotatable bonds is 4. The Hall–Kier alpha value is -1.40. The fourth-order valence-electron chi connectivity index (χ4n) is 3.32. The van der Waals surface area contributed by atoms with Gasteiger partial charge < -0.3 is 9.64 Å². The predicted molar refractivity (Wildman–Crippen MR) is 88.0 cm³/mol. The lowest BCUT2D eigenvalue weighted by atomic mass is 9.99. The lowest BCUT2D eigenvalue weighted by Crippen LogP contribution is -2.47. The van der Waals surface area contributed by atoms with Crippen LogP contribution in [-0.4, -0.2) is 64.8 Å². The van der Waals surface area contributed by atoms with Gasteiger partial charge >= 0.3 is 0 Å². The van der Waals surface area contributed by atoms with Gasteiger partial charge in [-0.15, -0.1) is 0 Å². The number of amides is 1. The largest absolute Gasteiger partial charge is 0.371 e. The molecule has 2 aliphatic rings. The highest BCUT2D eigenvalue weighted by Gasteiger charge is 2.27. The Labute approximate surface area is 138 Å². The van der Waals surface area contributed by atoms with Crippen molar-refractivity contribution in [1.29, 1.82) is 0 Å². The van der Waals surface area contributed by atoms with Crippen molar-refractivity contribution in [2.45, 2.75) is 39.3 Å². The molecule has 6 nitrogen and oxygen atoms in total. The van der Waals surface area contributed by atoms with E-state index >= 15 is 0 Å². The normalized spacial score (nSPS) is 24.1. The van der Waals surface area contributed by atoms with Crippen LogP contribution < -0.4 is 0 Å². The second-order valence-electron chi connectivity index (χ2n) is 6.79. The number of hydrogen-bond donors (Lipinski definition) is 0. The summed E-state index contributed by atoms with van der Waals surface area (Å²) < 4.78 is 7.79. The number of carbonyl (C=O) groups excluding carboxylic acids is 1. The molecule has 0 aliphatic carbocycles. The van der Waals surface area contributed by atoms with Gasteiger partial charge in [0.05, 0.1) is 25.5 Å². The van der Waals surface area contributed by atoms with Crippen molar-refractivity contribution < 1.29 is 9.53 Å². The van der Waals surface area contributed by atoms with E-state index in [0.717, 1.165) is 57.0 Å². The molecule has 128 valence electrons. The number of morpholine rings is 1. The van der Waals surface area contributed by atoms with E-state index in [0.29, 0.717) is 13.2 Å². The van der Waals surface area contributed by atoms with E-state index in [-0.39, 0.29) is 12.0 Å². The summed E-state index contributed by atoms with van der Waals surface area (Å²) in [6.07, 6.45) is 6.22. The first-order chi connectivity index (χ1) is 11.2. The number of piperidine rings is 1. The van der Waals surface area contributed by atoms with Crippen LogP contribution in [0, 0.1) is 5.92 Å². The molecule has 0 bridgehead atoms. The molecule has 0 aromatic carbocycles. The Bertz CT molecular complexity index is 522. The van der Waals surface area contributed by atoms with Crippen LogP contribution in [0.3, 0.4) is 0 Å². The number of nitrogens with zero attached hydrogens (tertiary/aromatic N) is 4. The molecule has 1 aromatic heterocycles. The molecule has 2 saturated heterocycles. The van der Waals surface area contributed by atoms with Crippen molar-refractivity contribution in [3.63, 3.8) is 0 Å². The summed E-state index contributed by atoms with van der Waals surface area (Å²) in [6, 6.07) is 0. The van der Waals surface area contributed by atoms with Crippen molar-refractivity contribution in [2.75, 3.05) is 39.3 Å². The highest BCUT2D eigenvalue weighted by Crippen LogP contribution is 2.22. The highest BCUT2D eigenvalue weighted by atomic mass is 16.5. The summed E-state index contributed by atoms with van der Waals surface area (Å²) in [4.78, 5) is 16.7. The Morgan fingerprint density at radius 1 is 1.35 bits per heavy atom. The maximum Gasteiger partial charge on any atom is 0.236 e. The number of aromatic nitrogens is 2. The Kier molecular flexibility index (Phi) is 5.33. The second kappa shape index (κ2) is 7.45. The third-order valence-electron chi connectivity index (χ3n) is 4.99. The van der Waals surface area contributed by atoms with Gasteiger partial charge in [0.25, 0.3) is 0 Å². The molecule has 1 atom stereocenters. The molecule has 3 rings (SSSR count). The first kappa shape index (κ1) is 16.5. The Balaban J connectivity index is 1.53. The van der Waals surface area contributed by atoms with Crippen LogP contribution in [0.15, 0.2) is 12.4 Å². The molecule has 0 spiro atoms. The smallest absolute Gasteiger partial charge is 0.236 e. The molecule has 0 saturated carbocycles. The van der Waals surface area contributed by atoms with Crippen LogP contribution in [0.4, 0.5) is 0 Å². The van der Waals surface area contributed by atoms with Crippen LogP contribution in [0.5, 0.6) is 0 Å². The molecule has 6 heteroatoms. The number of likely N-dealkylation sites (tertiary alicyclic amines) is 1. The van der Waals surface area contributed by atoms with Gasteiger partial charge in [0.15, 0.2) is 0 Å². The van der Waals surface area contributed by atoms with E-state index in [1.165, 1.54) is 0 Å². The van der Waals surface area contributed by atoms with Gasteiger partial charge in [-0.05, 0) is 25.7 Å². The van der Waals surface area contributed by atoms with E-state index in [1.54, 1.807) is 0 Å². The zero-order chi connectivity index (χ0) is 16.2. The average molecular weight is 320 g/mol. The van der Waals surface area contributed by atoms with Gasteiger partial charge in [-0.1, -0.05) is 6.92 Å². The summed E-state index contributed by atoms with van der Waals surface area (Å²) in [5.41, 5.74) is 1.11. The molecule has 23 heavy (non-hydrogen) atoms. The van der Waals surface area contributed by atoms with Crippen molar-refractivity contribution >= 4 is 5.91 Å². The van der Waals surface area contributed by atoms with Crippen LogP contribution in [-0.2, 0) is 16.1 Å². The van der Waals surface area contributed by atoms with Gasteiger partial charge in [0, 0.05) is 44.5 Å². The van der Waals surface area contributed by atoms with Crippen molar-refractivity contribution in [3.8, 4) is 0 Å². The average Bonchev–Trinajstić information content (AvgIpc) is 3.05. The zero-order valence-corrected chi connectivity index (χ0v) is 14.3. The number of carbonyl (C=O) groups is 1. The van der Waals surface area contributed by atoms with E-state index < -0.39 is 0 Å². The molecule has 2 aliphatic heterocycles. The highest BCUT2D eigenvalue weighted by molar-refractivity contribution is 5.78. The Morgan fingerprint density at radius 3 is 2.83 bits per heavy atom. The van der Waals surface area contributed by atoms with E-state index in [4.69, 9.17) is 4.74 Å². The third-order valence-corrected chi connectivity index (χ3v) is 4.99. The molecule has 3 heterocycles. The lowest BCUT2D eigenvalue weighted by molar-refractivity contribution is -0.135. The summed E-state index contributed by atoms with van der Waals surface area (Å²) in [6.45, 7) is 9.81. The number of hydrogen-bond acceptors (Lipinski definition) is 4. The van der Waals surface area contributed by atoms with Gasteiger partial charge in [0.2, 0.25) is 5.91 Å². The summed E-state index contributed by atoms with van der Waals surface area (Å²) >= 11 is 0. The number of aryl methyl sites for hydroxylation is 1. The van der Waals surface area contributed by atoms with Crippen LogP contribution >= 0.6 is 0 Å². The summed E-state index contributed by atoms with van der Waals surface area (Å²) in [5, 5.41) is 4.32. The summed E-state index contributed by atoms with van der Waals surface area (Å²) in [7, 11) is 0. The minimum Gasteiger partial charge on any atom is -0.371 e. The third kappa shape index (κ3) is 4.12. The van der Waals surface area contributed by atoms with Gasteiger partial charge in [-0.3, -0.25) is 14.4 Å². The Morgan fingerprint density at radius 2 is 2.13 bits per heavy atom. The van der Waals surface area contributed by atoms with Crippen LogP contribution in [0.25, 0.3) is 0 Å². The standard InChI is InChI=1S/C17H28N4O2/c1-3-21-11-15(10-18-21)16-12-19(8-9-23-16)13-17(22)20-6-4-14(2)5-7-20/h10-11,14,16H,3-9,12-13H2,1-2H3/t16-/m0/s1. The molecular weight excluding hydrogens is 292 g/mol. The fourth-order valence-corrected chi connectivity index (χ4v) is 3.32. The molecular formula is C17H28N4O2. The topological polar surface area (TPSA) is 50.6 Å². The summed E-state index contributed by atoms with van der Waals surface area (Å²) in [5.74, 6) is 1.02. The van der Waals surface area contributed by atoms with Gasteiger partial charge in [0.1, 0.15) is 0 Å². The minimum atomic E-state index is 0.0261. The second-order valence-corrected chi connectivity index (χ2v) is 6.79. The predicted octanol–water partition coefficient (Wildman–Crippen LogP) is 1.53. The molecule has 1 aromatic rings. The quantitative estimate of drug-likeness (QED) is 0.844. The van der Waals surface area contributed by atoms with Crippen molar-refractivity contribution in [3.05, 3.63) is 18.0 Å². The van der Waals surface area contributed by atoms with Gasteiger partial charge in [-0.2, -0.15) is 5.10 Å². The minimum absolute atomic E-state index is 0.0261. The maximum atomic E-state index is 12.5. The lowest BCUT2D eigenvalue weighted by Gasteiger charge is -2.35. The van der Waals surface area contributed by atoms with E-state index in [1.807, 2.05) is 22.0 Å². The molecule has 0 unspecified atom stereocenters. The monoisotopic (exact) mass is 320 g/mol. The van der Waals surface area contributed by atoms with Crippen molar-refractivity contribution in [2.24, 2.45) is 5.92 Å². The fraction of sp³-hybridized carbons (Fsp3) is 0.765. The van der Waals surface area contributed by atoms with Crippen LogP contribution in [0.1, 0.15) is 38.4 Å². The first-order valence-electron chi connectivity index (χ1n) is 8.79. The first-order valence-corrected chi connectivity index (χ1v) is 8.79. The van der Waals surface area contributed by atoms with Crippen LogP contribution in [0.2, 0.25) is 0 Å². The molecule has 0 radical (unpaired) electrons. The maximum absolute atomic E-state index is 12.5. The zero-order valence-electron chi connectivity index (χ0n) is 14.3. The SMILES string of the molecule is CCn1cc([C@@H]2CN(CC(=O)N3CCC(C)CC3)CCO2)cn1. The van der Waals surface area contributed by atoms with Crippen molar-refractivity contribution in [1.82, 2.24) is 19.6 Å². The molecule has 2 fully saturated rings. The molecule has 1 amide bonds.